The molecule has 1 unspecified atom stereocenters. The molecule has 0 amide bonds. The van der Waals surface area contributed by atoms with E-state index in [0.717, 1.165) is 0 Å². The monoisotopic (exact) mass is 286 g/mol. The molecule has 0 radical (unpaired) electrons. The van der Waals surface area contributed by atoms with Crippen molar-refractivity contribution in [3.63, 3.8) is 0 Å². The lowest BCUT2D eigenvalue weighted by molar-refractivity contribution is 0.513. The van der Waals surface area contributed by atoms with Crippen molar-refractivity contribution in [2.24, 2.45) is 5.73 Å². The molecule has 3 aromatic rings. The van der Waals surface area contributed by atoms with E-state index in [-0.39, 0.29) is 5.82 Å². The number of aryl methyl sites for hydroxylation is 1. The first-order valence-electron chi connectivity index (χ1n) is 6.75. The van der Waals surface area contributed by atoms with Gasteiger partial charge in [-0.3, -0.25) is 4.57 Å². The fraction of sp³-hybridized carbons (Fsp3) is 0.188. The SMILES string of the molecule is CCn1c(=O)oc2cc(C(N)c3ccccc3F)ccc21. The molecule has 0 fully saturated rings. The van der Waals surface area contributed by atoms with Crippen LogP contribution in [0.5, 0.6) is 0 Å². The Balaban J connectivity index is 2.09. The summed E-state index contributed by atoms with van der Waals surface area (Å²) in [7, 11) is 0. The van der Waals surface area contributed by atoms with E-state index < -0.39 is 11.8 Å². The third-order valence-electron chi connectivity index (χ3n) is 3.61. The topological polar surface area (TPSA) is 61.2 Å². The molecular weight excluding hydrogens is 271 g/mol. The fourth-order valence-electron chi connectivity index (χ4n) is 2.48. The Kier molecular flexibility index (Phi) is 3.35. The summed E-state index contributed by atoms with van der Waals surface area (Å²) in [4.78, 5) is 11.7. The van der Waals surface area contributed by atoms with Crippen LogP contribution in [0.1, 0.15) is 24.1 Å². The molecule has 2 aromatic carbocycles. The van der Waals surface area contributed by atoms with Gasteiger partial charge in [-0.15, -0.1) is 0 Å². The lowest BCUT2D eigenvalue weighted by Crippen LogP contribution is -2.13. The summed E-state index contributed by atoms with van der Waals surface area (Å²) in [5.74, 6) is -0.748. The van der Waals surface area contributed by atoms with Gasteiger partial charge in [0.1, 0.15) is 5.82 Å². The molecule has 0 spiro atoms. The van der Waals surface area contributed by atoms with Gasteiger partial charge >= 0.3 is 5.76 Å². The molecule has 5 heteroatoms. The van der Waals surface area contributed by atoms with Gasteiger partial charge in [-0.05, 0) is 30.7 Å². The van der Waals surface area contributed by atoms with Crippen LogP contribution in [0.25, 0.3) is 11.1 Å². The van der Waals surface area contributed by atoms with Crippen molar-refractivity contribution in [2.45, 2.75) is 19.5 Å². The van der Waals surface area contributed by atoms with Gasteiger partial charge < -0.3 is 10.2 Å². The Bertz CT molecular complexity index is 851. The molecule has 0 aliphatic rings. The smallest absolute Gasteiger partial charge is 0.408 e. The molecule has 0 bridgehead atoms. The van der Waals surface area contributed by atoms with Gasteiger partial charge in [0.15, 0.2) is 5.58 Å². The third-order valence-corrected chi connectivity index (χ3v) is 3.61. The van der Waals surface area contributed by atoms with E-state index in [2.05, 4.69) is 0 Å². The normalized spacial score (nSPS) is 12.7. The summed E-state index contributed by atoms with van der Waals surface area (Å²) in [5.41, 5.74) is 8.41. The van der Waals surface area contributed by atoms with Crippen molar-refractivity contribution in [2.75, 3.05) is 0 Å². The predicted molar refractivity (Wildman–Crippen MR) is 78.6 cm³/mol. The number of oxazole rings is 1. The van der Waals surface area contributed by atoms with Gasteiger partial charge in [-0.25, -0.2) is 9.18 Å². The molecule has 108 valence electrons. The van der Waals surface area contributed by atoms with Crippen LogP contribution in [-0.4, -0.2) is 4.57 Å². The summed E-state index contributed by atoms with van der Waals surface area (Å²) in [5, 5.41) is 0. The maximum atomic E-state index is 13.8. The highest BCUT2D eigenvalue weighted by Gasteiger charge is 2.15. The molecule has 1 aromatic heterocycles. The summed E-state index contributed by atoms with van der Waals surface area (Å²) in [6.07, 6.45) is 0. The summed E-state index contributed by atoms with van der Waals surface area (Å²) in [6, 6.07) is 11.0. The zero-order valence-electron chi connectivity index (χ0n) is 11.5. The molecule has 3 rings (SSSR count). The highest BCUT2D eigenvalue weighted by molar-refractivity contribution is 5.74. The van der Waals surface area contributed by atoms with Crippen molar-refractivity contribution >= 4 is 11.1 Å². The fourth-order valence-corrected chi connectivity index (χ4v) is 2.48. The van der Waals surface area contributed by atoms with E-state index in [1.54, 1.807) is 36.4 Å². The lowest BCUT2D eigenvalue weighted by Gasteiger charge is -2.13. The van der Waals surface area contributed by atoms with Crippen LogP contribution < -0.4 is 11.5 Å². The molecule has 0 saturated carbocycles. The molecule has 21 heavy (non-hydrogen) atoms. The zero-order valence-corrected chi connectivity index (χ0v) is 11.5. The number of nitrogens with two attached hydrogens (primary N) is 1. The van der Waals surface area contributed by atoms with Crippen LogP contribution in [-0.2, 0) is 6.54 Å². The number of aromatic nitrogens is 1. The minimum atomic E-state index is -0.606. The van der Waals surface area contributed by atoms with Gasteiger partial charge in [0, 0.05) is 12.1 Å². The number of hydrogen-bond acceptors (Lipinski definition) is 3. The van der Waals surface area contributed by atoms with Gasteiger partial charge in [0.05, 0.1) is 11.6 Å². The van der Waals surface area contributed by atoms with Crippen LogP contribution in [0.4, 0.5) is 4.39 Å². The Morgan fingerprint density at radius 1 is 1.29 bits per heavy atom. The molecule has 0 aliphatic heterocycles. The zero-order chi connectivity index (χ0) is 15.0. The molecule has 1 atom stereocenters. The summed E-state index contributed by atoms with van der Waals surface area (Å²) >= 11 is 0. The third kappa shape index (κ3) is 2.25. The van der Waals surface area contributed by atoms with Crippen molar-refractivity contribution in [1.29, 1.82) is 0 Å². The number of fused-ring (bicyclic) bond motifs is 1. The van der Waals surface area contributed by atoms with Crippen LogP contribution in [0.15, 0.2) is 51.7 Å². The second-order valence-corrected chi connectivity index (χ2v) is 4.84. The first kappa shape index (κ1) is 13.6. The van der Waals surface area contributed by atoms with E-state index in [0.29, 0.717) is 28.8 Å². The minimum Gasteiger partial charge on any atom is -0.408 e. The summed E-state index contributed by atoms with van der Waals surface area (Å²) in [6.45, 7) is 2.40. The van der Waals surface area contributed by atoms with E-state index in [4.69, 9.17) is 10.2 Å². The quantitative estimate of drug-likeness (QED) is 0.805. The largest absolute Gasteiger partial charge is 0.419 e. The average Bonchev–Trinajstić information content (AvgIpc) is 2.81. The highest BCUT2D eigenvalue weighted by atomic mass is 19.1. The van der Waals surface area contributed by atoms with Crippen LogP contribution in [0.2, 0.25) is 0 Å². The maximum absolute atomic E-state index is 13.8. The van der Waals surface area contributed by atoms with Crippen LogP contribution >= 0.6 is 0 Å². The Morgan fingerprint density at radius 2 is 2.05 bits per heavy atom. The summed E-state index contributed by atoms with van der Waals surface area (Å²) < 4.78 is 20.5. The molecule has 2 N–H and O–H groups in total. The number of rotatable bonds is 3. The van der Waals surface area contributed by atoms with Gasteiger partial charge in [0.2, 0.25) is 0 Å². The van der Waals surface area contributed by atoms with E-state index in [1.807, 2.05) is 6.92 Å². The van der Waals surface area contributed by atoms with Crippen molar-refractivity contribution in [3.05, 3.63) is 70.0 Å². The van der Waals surface area contributed by atoms with E-state index >= 15 is 0 Å². The Morgan fingerprint density at radius 3 is 2.76 bits per heavy atom. The maximum Gasteiger partial charge on any atom is 0.419 e. The molecule has 4 nitrogen and oxygen atoms in total. The molecule has 0 aliphatic carbocycles. The van der Waals surface area contributed by atoms with Crippen molar-refractivity contribution < 1.29 is 8.81 Å². The Hall–Kier alpha value is -2.40. The van der Waals surface area contributed by atoms with Gasteiger partial charge in [0.25, 0.3) is 0 Å². The second kappa shape index (κ2) is 5.18. The molecular formula is C16H15FN2O2. The van der Waals surface area contributed by atoms with Crippen molar-refractivity contribution in [1.82, 2.24) is 4.57 Å². The first-order valence-corrected chi connectivity index (χ1v) is 6.75. The number of nitrogens with zero attached hydrogens (tertiary/aromatic N) is 1. The van der Waals surface area contributed by atoms with E-state index in [9.17, 15) is 9.18 Å². The predicted octanol–water partition coefficient (Wildman–Crippen LogP) is 2.80. The number of halogens is 1. The Labute approximate surface area is 120 Å². The molecule has 1 heterocycles. The van der Waals surface area contributed by atoms with Crippen molar-refractivity contribution in [3.8, 4) is 0 Å². The van der Waals surface area contributed by atoms with Gasteiger partial charge in [-0.2, -0.15) is 0 Å². The average molecular weight is 286 g/mol. The highest BCUT2D eigenvalue weighted by Crippen LogP contribution is 2.25. The van der Waals surface area contributed by atoms with Crippen LogP contribution in [0, 0.1) is 5.82 Å². The van der Waals surface area contributed by atoms with Crippen LogP contribution in [0.3, 0.4) is 0 Å². The number of hydrogen-bond donors (Lipinski definition) is 1. The number of benzene rings is 2. The second-order valence-electron chi connectivity index (χ2n) is 4.84. The standard InChI is InChI=1S/C16H15FN2O2/c1-2-19-13-8-7-10(9-14(13)21-16(19)20)15(18)11-5-3-4-6-12(11)17/h3-9,15H,2,18H2,1H3. The molecule has 0 saturated heterocycles. The van der Waals surface area contributed by atoms with Gasteiger partial charge in [-0.1, -0.05) is 24.3 Å². The lowest BCUT2D eigenvalue weighted by atomic mass is 9.99. The van der Waals surface area contributed by atoms with E-state index in [1.165, 1.54) is 10.6 Å². The minimum absolute atomic E-state index is 0.349. The first-order chi connectivity index (χ1) is 10.1.